The van der Waals surface area contributed by atoms with Gasteiger partial charge in [0.1, 0.15) is 5.75 Å². The smallest absolute Gasteiger partial charge is 0.344 e. The highest BCUT2D eigenvalue weighted by molar-refractivity contribution is 5.83. The first-order valence-electron chi connectivity index (χ1n) is 7.94. The van der Waals surface area contributed by atoms with Gasteiger partial charge in [-0.05, 0) is 56.9 Å². The van der Waals surface area contributed by atoms with Gasteiger partial charge in [-0.25, -0.2) is 4.79 Å². The minimum Gasteiger partial charge on any atom is -0.482 e. The Labute approximate surface area is 138 Å². The monoisotopic (exact) mass is 321 g/mol. The summed E-state index contributed by atoms with van der Waals surface area (Å²) >= 11 is 0. The average molecular weight is 321 g/mol. The largest absolute Gasteiger partial charge is 0.482 e. The normalized spacial score (nSPS) is 12.2. The van der Waals surface area contributed by atoms with E-state index in [-0.39, 0.29) is 18.6 Å². The molecule has 0 bridgehead atoms. The van der Waals surface area contributed by atoms with Crippen molar-refractivity contribution in [2.24, 2.45) is 0 Å². The molecule has 0 saturated carbocycles. The van der Waals surface area contributed by atoms with Crippen molar-refractivity contribution in [1.29, 1.82) is 0 Å². The molecular formula is C18H27NO4. The van der Waals surface area contributed by atoms with Crippen LogP contribution in [-0.4, -0.2) is 30.6 Å². The van der Waals surface area contributed by atoms with Gasteiger partial charge in [0.2, 0.25) is 0 Å². The van der Waals surface area contributed by atoms with Crippen molar-refractivity contribution in [2.45, 2.75) is 59.6 Å². The van der Waals surface area contributed by atoms with Crippen molar-refractivity contribution >= 4 is 11.9 Å². The van der Waals surface area contributed by atoms with E-state index < -0.39 is 12.1 Å². The topological polar surface area (TPSA) is 64.6 Å². The number of benzene rings is 1. The van der Waals surface area contributed by atoms with Crippen LogP contribution in [0.5, 0.6) is 5.75 Å². The third-order valence-corrected chi connectivity index (χ3v) is 3.33. The SMILES string of the molecule is Cc1cc(OCC(=O)OC(C)C(=O)NC(C)C)ccc1C(C)C. The van der Waals surface area contributed by atoms with Crippen molar-refractivity contribution in [3.05, 3.63) is 29.3 Å². The number of hydrogen-bond acceptors (Lipinski definition) is 4. The molecule has 0 spiro atoms. The number of esters is 1. The lowest BCUT2D eigenvalue weighted by molar-refractivity contribution is -0.156. The van der Waals surface area contributed by atoms with Crippen LogP contribution < -0.4 is 10.1 Å². The van der Waals surface area contributed by atoms with E-state index in [1.165, 1.54) is 12.5 Å². The van der Waals surface area contributed by atoms with Gasteiger partial charge in [-0.3, -0.25) is 4.79 Å². The Morgan fingerprint density at radius 3 is 2.30 bits per heavy atom. The summed E-state index contributed by atoms with van der Waals surface area (Å²) < 4.78 is 10.5. The molecule has 0 radical (unpaired) electrons. The van der Waals surface area contributed by atoms with E-state index in [0.717, 1.165) is 5.56 Å². The fraction of sp³-hybridized carbons (Fsp3) is 0.556. The van der Waals surface area contributed by atoms with Gasteiger partial charge in [-0.1, -0.05) is 19.9 Å². The van der Waals surface area contributed by atoms with Gasteiger partial charge in [0.05, 0.1) is 0 Å². The molecule has 1 atom stereocenters. The van der Waals surface area contributed by atoms with Crippen molar-refractivity contribution in [3.63, 3.8) is 0 Å². The predicted molar refractivity (Wildman–Crippen MR) is 89.6 cm³/mol. The van der Waals surface area contributed by atoms with Gasteiger partial charge in [0.25, 0.3) is 5.91 Å². The number of rotatable bonds is 7. The zero-order valence-electron chi connectivity index (χ0n) is 14.8. The summed E-state index contributed by atoms with van der Waals surface area (Å²) in [4.78, 5) is 23.4. The first kappa shape index (κ1) is 19.0. The summed E-state index contributed by atoms with van der Waals surface area (Å²) in [5.41, 5.74) is 2.37. The Bertz CT molecular complexity index is 552. The van der Waals surface area contributed by atoms with Crippen molar-refractivity contribution < 1.29 is 19.1 Å². The van der Waals surface area contributed by atoms with Crippen LogP contribution >= 0.6 is 0 Å². The standard InChI is InChI=1S/C18H27NO4/c1-11(2)16-8-7-15(9-13(16)5)22-10-17(20)23-14(6)18(21)19-12(3)4/h7-9,11-12,14H,10H2,1-6H3,(H,19,21). The lowest BCUT2D eigenvalue weighted by Gasteiger charge is -2.16. The van der Waals surface area contributed by atoms with Crippen LogP contribution in [0, 0.1) is 6.92 Å². The molecule has 128 valence electrons. The van der Waals surface area contributed by atoms with Crippen molar-refractivity contribution in [1.82, 2.24) is 5.32 Å². The maximum absolute atomic E-state index is 11.7. The molecule has 0 aromatic heterocycles. The lowest BCUT2D eigenvalue weighted by Crippen LogP contribution is -2.40. The van der Waals surface area contributed by atoms with Crippen molar-refractivity contribution in [3.8, 4) is 5.75 Å². The Morgan fingerprint density at radius 1 is 1.13 bits per heavy atom. The van der Waals surface area contributed by atoms with E-state index in [1.807, 2.05) is 39.0 Å². The fourth-order valence-corrected chi connectivity index (χ4v) is 2.21. The average Bonchev–Trinajstić information content (AvgIpc) is 2.43. The Morgan fingerprint density at radius 2 is 1.78 bits per heavy atom. The number of aryl methyl sites for hydroxylation is 1. The molecule has 0 aliphatic heterocycles. The van der Waals surface area contributed by atoms with Crippen LogP contribution in [0.3, 0.4) is 0 Å². The van der Waals surface area contributed by atoms with E-state index in [2.05, 4.69) is 19.2 Å². The lowest BCUT2D eigenvalue weighted by atomic mass is 9.98. The maximum Gasteiger partial charge on any atom is 0.344 e. The molecule has 0 heterocycles. The molecule has 0 fully saturated rings. The highest BCUT2D eigenvalue weighted by atomic mass is 16.6. The Balaban J connectivity index is 2.50. The first-order valence-corrected chi connectivity index (χ1v) is 7.94. The van der Waals surface area contributed by atoms with E-state index in [4.69, 9.17) is 9.47 Å². The fourth-order valence-electron chi connectivity index (χ4n) is 2.21. The third-order valence-electron chi connectivity index (χ3n) is 3.33. The maximum atomic E-state index is 11.7. The molecule has 1 amide bonds. The Kier molecular flexibility index (Phi) is 7.07. The molecule has 5 heteroatoms. The summed E-state index contributed by atoms with van der Waals surface area (Å²) in [5, 5.41) is 2.69. The Hall–Kier alpha value is -2.04. The molecule has 1 rings (SSSR count). The van der Waals surface area contributed by atoms with Crippen LogP contribution in [0.4, 0.5) is 0 Å². The zero-order chi connectivity index (χ0) is 17.6. The molecular weight excluding hydrogens is 294 g/mol. The molecule has 0 aliphatic carbocycles. The van der Waals surface area contributed by atoms with Gasteiger partial charge in [-0.15, -0.1) is 0 Å². The number of carbonyl (C=O) groups is 2. The summed E-state index contributed by atoms with van der Waals surface area (Å²) in [6, 6.07) is 5.74. The van der Waals surface area contributed by atoms with Crippen LogP contribution in [0.2, 0.25) is 0 Å². The number of ether oxygens (including phenoxy) is 2. The highest BCUT2D eigenvalue weighted by Crippen LogP contribution is 2.23. The van der Waals surface area contributed by atoms with Gasteiger partial charge in [0, 0.05) is 6.04 Å². The summed E-state index contributed by atoms with van der Waals surface area (Å²) in [5.74, 6) is 0.171. The summed E-state index contributed by atoms with van der Waals surface area (Å²) in [6.45, 7) is 11.3. The van der Waals surface area contributed by atoms with E-state index in [9.17, 15) is 9.59 Å². The van der Waals surface area contributed by atoms with E-state index in [1.54, 1.807) is 0 Å². The second-order valence-corrected chi connectivity index (χ2v) is 6.26. The predicted octanol–water partition coefficient (Wildman–Crippen LogP) is 2.95. The van der Waals surface area contributed by atoms with Gasteiger partial charge >= 0.3 is 5.97 Å². The number of amides is 1. The molecule has 1 unspecified atom stereocenters. The molecule has 0 aliphatic rings. The van der Waals surface area contributed by atoms with Crippen LogP contribution in [0.15, 0.2) is 18.2 Å². The quantitative estimate of drug-likeness (QED) is 0.784. The summed E-state index contributed by atoms with van der Waals surface area (Å²) in [6.07, 6.45) is -0.835. The highest BCUT2D eigenvalue weighted by Gasteiger charge is 2.18. The van der Waals surface area contributed by atoms with Gasteiger partial charge < -0.3 is 14.8 Å². The number of nitrogens with one attached hydrogen (secondary N) is 1. The second kappa shape index (κ2) is 8.56. The number of hydrogen-bond donors (Lipinski definition) is 1. The third kappa shape index (κ3) is 6.30. The molecule has 5 nitrogen and oxygen atoms in total. The van der Waals surface area contributed by atoms with Crippen molar-refractivity contribution in [2.75, 3.05) is 6.61 Å². The van der Waals surface area contributed by atoms with Gasteiger partial charge in [0.15, 0.2) is 12.7 Å². The molecule has 0 saturated heterocycles. The molecule has 1 aromatic carbocycles. The minimum atomic E-state index is -0.835. The van der Waals surface area contributed by atoms with E-state index >= 15 is 0 Å². The minimum absolute atomic E-state index is 0.00218. The first-order chi connectivity index (χ1) is 10.7. The zero-order valence-corrected chi connectivity index (χ0v) is 14.8. The molecule has 23 heavy (non-hydrogen) atoms. The van der Waals surface area contributed by atoms with Crippen LogP contribution in [-0.2, 0) is 14.3 Å². The van der Waals surface area contributed by atoms with Crippen LogP contribution in [0.25, 0.3) is 0 Å². The van der Waals surface area contributed by atoms with Gasteiger partial charge in [-0.2, -0.15) is 0 Å². The number of carbonyl (C=O) groups excluding carboxylic acids is 2. The summed E-state index contributed by atoms with van der Waals surface area (Å²) in [7, 11) is 0. The second-order valence-electron chi connectivity index (χ2n) is 6.26. The van der Waals surface area contributed by atoms with E-state index in [0.29, 0.717) is 11.7 Å². The van der Waals surface area contributed by atoms with Crippen LogP contribution in [0.1, 0.15) is 51.7 Å². The molecule has 1 N–H and O–H groups in total. The molecule has 1 aromatic rings.